The van der Waals surface area contributed by atoms with Gasteiger partial charge >= 0.3 is 11.9 Å². The molecule has 1 heterocycles. The van der Waals surface area contributed by atoms with Gasteiger partial charge in [-0.05, 0) is 83.1 Å². The largest absolute Gasteiger partial charge is 0.462 e. The van der Waals surface area contributed by atoms with E-state index in [0.29, 0.717) is 11.6 Å². The molecular weight excluding hydrogens is 823 g/mol. The SMILES string of the molecule is CCOC(=O)C(=CN(C)C)C(=O)c1cc(I)c(F)cc1F.CCOC(=O)c1cn(C(CO)C(C)C)c2cc(F)c(I)cc2c1=O. The molecule has 0 aliphatic heterocycles. The molecule has 45 heavy (non-hydrogen) atoms. The Morgan fingerprint density at radius 2 is 1.51 bits per heavy atom. The van der Waals surface area contributed by atoms with Crippen LogP contribution in [0.15, 0.2) is 47.0 Å². The first kappa shape index (κ1) is 38.2. The molecule has 0 radical (unpaired) electrons. The van der Waals surface area contributed by atoms with Crippen LogP contribution in [-0.4, -0.2) is 66.2 Å². The van der Waals surface area contributed by atoms with Crippen LogP contribution < -0.4 is 5.43 Å². The second kappa shape index (κ2) is 17.1. The maximum atomic E-state index is 14.0. The maximum Gasteiger partial charge on any atom is 0.343 e. The van der Waals surface area contributed by atoms with Crippen molar-refractivity contribution in [2.24, 2.45) is 5.92 Å². The van der Waals surface area contributed by atoms with Gasteiger partial charge in [-0.2, -0.15) is 0 Å². The lowest BCUT2D eigenvalue weighted by molar-refractivity contribution is -0.138. The molecule has 0 saturated carbocycles. The number of esters is 2. The highest BCUT2D eigenvalue weighted by molar-refractivity contribution is 14.1. The van der Waals surface area contributed by atoms with E-state index in [0.717, 1.165) is 6.07 Å². The number of hydrogen-bond donors (Lipinski definition) is 1. The number of hydrogen-bond acceptors (Lipinski definition) is 8. The van der Waals surface area contributed by atoms with Gasteiger partial charge in [-0.15, -0.1) is 0 Å². The fourth-order valence-corrected chi connectivity index (χ4v) is 5.04. The molecule has 3 aromatic rings. The molecule has 0 aliphatic rings. The van der Waals surface area contributed by atoms with Crippen molar-refractivity contribution in [3.8, 4) is 0 Å². The first-order valence-corrected chi connectivity index (χ1v) is 15.8. The summed E-state index contributed by atoms with van der Waals surface area (Å²) in [5.74, 6) is -4.66. The van der Waals surface area contributed by atoms with Gasteiger partial charge in [-0.25, -0.2) is 22.8 Å². The number of halogens is 5. The van der Waals surface area contributed by atoms with Crippen molar-refractivity contribution < 1.29 is 42.1 Å². The molecule has 2 aromatic carbocycles. The minimum atomic E-state index is -1.02. The number of fused-ring (bicyclic) bond motifs is 1. The first-order valence-electron chi connectivity index (χ1n) is 13.7. The Labute approximate surface area is 285 Å². The van der Waals surface area contributed by atoms with Crippen LogP contribution >= 0.6 is 45.2 Å². The standard InChI is InChI=1S/C17H19FINO4.C14H14F2INO3/c1-4-24-17(23)11-7-20(15(8-21)9(2)3)14-6-12(18)13(19)5-10(14)16(11)22;1-4-21-14(20)9(7-18(2)3)13(19)8-5-12(17)11(16)6-10(8)15/h5-7,9,15,21H,4,8H2,1-3H3;5-7H,4H2,1-3H3. The van der Waals surface area contributed by atoms with Crippen molar-refractivity contribution >= 4 is 73.8 Å². The average molecular weight is 856 g/mol. The van der Waals surface area contributed by atoms with E-state index in [2.05, 4.69) is 0 Å². The Morgan fingerprint density at radius 1 is 0.933 bits per heavy atom. The van der Waals surface area contributed by atoms with Gasteiger partial charge in [-0.3, -0.25) is 9.59 Å². The van der Waals surface area contributed by atoms with E-state index in [4.69, 9.17) is 9.47 Å². The summed E-state index contributed by atoms with van der Waals surface area (Å²) in [6.07, 6.45) is 2.60. The van der Waals surface area contributed by atoms with Crippen LogP contribution in [0.1, 0.15) is 54.5 Å². The van der Waals surface area contributed by atoms with E-state index in [1.54, 1.807) is 77.7 Å². The molecule has 0 bridgehead atoms. The topological polar surface area (TPSA) is 115 Å². The number of carbonyl (C=O) groups excluding carboxylic acids is 3. The molecule has 1 atom stereocenters. The third-order valence-corrected chi connectivity index (χ3v) is 7.92. The smallest absolute Gasteiger partial charge is 0.343 e. The van der Waals surface area contributed by atoms with Gasteiger partial charge in [0.2, 0.25) is 11.2 Å². The van der Waals surface area contributed by atoms with Crippen LogP contribution in [0.5, 0.6) is 0 Å². The lowest BCUT2D eigenvalue weighted by atomic mass is 10.0. The van der Waals surface area contributed by atoms with Gasteiger partial charge in [0.25, 0.3) is 0 Å². The molecule has 0 amide bonds. The monoisotopic (exact) mass is 856 g/mol. The Morgan fingerprint density at radius 3 is 2.04 bits per heavy atom. The lowest BCUT2D eigenvalue weighted by Gasteiger charge is -2.25. The Kier molecular flexibility index (Phi) is 14.5. The minimum absolute atomic E-state index is 0.0121. The van der Waals surface area contributed by atoms with Gasteiger partial charge in [-0.1, -0.05) is 13.8 Å². The van der Waals surface area contributed by atoms with Crippen molar-refractivity contribution in [3.63, 3.8) is 0 Å². The molecule has 1 N–H and O–H groups in total. The Balaban J connectivity index is 0.000000317. The maximum absolute atomic E-state index is 14.0. The summed E-state index contributed by atoms with van der Waals surface area (Å²) in [6.45, 7) is 7.07. The number of aromatic nitrogens is 1. The molecule has 1 unspecified atom stereocenters. The van der Waals surface area contributed by atoms with E-state index in [1.807, 2.05) is 13.8 Å². The van der Waals surface area contributed by atoms with E-state index < -0.39 is 46.6 Å². The highest BCUT2D eigenvalue weighted by Gasteiger charge is 2.26. The fourth-order valence-electron chi connectivity index (χ4n) is 4.11. The van der Waals surface area contributed by atoms with Gasteiger partial charge in [0, 0.05) is 45.1 Å². The molecule has 3 rings (SSSR count). The third-order valence-electron chi connectivity index (χ3n) is 6.27. The quantitative estimate of drug-likeness (QED) is 0.0513. The molecule has 0 saturated heterocycles. The molecule has 14 heteroatoms. The van der Waals surface area contributed by atoms with Gasteiger partial charge in [0.15, 0.2) is 0 Å². The first-order chi connectivity index (χ1) is 21.1. The summed E-state index contributed by atoms with van der Waals surface area (Å²) in [6, 6.07) is 3.96. The molecular formula is C31H33F3I2N2O7. The number of pyridine rings is 1. The number of carbonyl (C=O) groups is 3. The van der Waals surface area contributed by atoms with Gasteiger partial charge in [0.05, 0.1) is 36.9 Å². The summed E-state index contributed by atoms with van der Waals surface area (Å²) in [4.78, 5) is 50.4. The van der Waals surface area contributed by atoms with Crippen molar-refractivity contribution in [3.05, 3.63) is 88.2 Å². The van der Waals surface area contributed by atoms with Crippen molar-refractivity contribution in [1.82, 2.24) is 9.47 Å². The zero-order chi connectivity index (χ0) is 34.2. The molecule has 0 spiro atoms. The van der Waals surface area contributed by atoms with E-state index in [1.165, 1.54) is 29.4 Å². The number of nitrogens with zero attached hydrogens (tertiary/aromatic N) is 2. The van der Waals surface area contributed by atoms with Crippen molar-refractivity contribution in [2.75, 3.05) is 33.9 Å². The van der Waals surface area contributed by atoms with E-state index in [-0.39, 0.29) is 55.0 Å². The van der Waals surface area contributed by atoms with E-state index in [9.17, 15) is 37.5 Å². The predicted molar refractivity (Wildman–Crippen MR) is 180 cm³/mol. The van der Waals surface area contributed by atoms with Crippen molar-refractivity contribution in [2.45, 2.75) is 33.7 Å². The molecule has 1 aromatic heterocycles. The van der Waals surface area contributed by atoms with E-state index >= 15 is 0 Å². The van der Waals surface area contributed by atoms with Crippen LogP contribution in [0.25, 0.3) is 10.9 Å². The zero-order valence-corrected chi connectivity index (χ0v) is 29.7. The summed E-state index contributed by atoms with van der Waals surface area (Å²) >= 11 is 3.44. The Bertz CT molecular complexity index is 1670. The van der Waals surface area contributed by atoms with Crippen molar-refractivity contribution in [1.29, 1.82) is 0 Å². The second-order valence-corrected chi connectivity index (χ2v) is 12.4. The molecule has 0 fully saturated rings. The van der Waals surface area contributed by atoms with Crippen LogP contribution in [0, 0.1) is 30.5 Å². The third kappa shape index (κ3) is 9.51. The second-order valence-electron chi connectivity index (χ2n) is 10.1. The number of aliphatic hydroxyl groups is 1. The molecule has 0 aliphatic carbocycles. The van der Waals surface area contributed by atoms with Crippen LogP contribution in [-0.2, 0) is 14.3 Å². The summed E-state index contributed by atoms with van der Waals surface area (Å²) < 4.78 is 52.7. The highest BCUT2D eigenvalue weighted by Crippen LogP contribution is 2.26. The summed E-state index contributed by atoms with van der Waals surface area (Å²) in [5, 5.41) is 9.95. The fraction of sp³-hybridized carbons (Fsp3) is 0.355. The predicted octanol–water partition coefficient (Wildman–Crippen LogP) is 5.87. The van der Waals surface area contributed by atoms with Crippen LogP contribution in [0.2, 0.25) is 0 Å². The normalized spacial score (nSPS) is 12.0. The summed E-state index contributed by atoms with van der Waals surface area (Å²) in [7, 11) is 3.22. The number of ether oxygens (including phenoxy) is 2. The highest BCUT2D eigenvalue weighted by atomic mass is 127. The Hall–Kier alpha value is -2.99. The number of rotatable bonds is 10. The lowest BCUT2D eigenvalue weighted by Crippen LogP contribution is -2.26. The minimum Gasteiger partial charge on any atom is -0.462 e. The molecule has 9 nitrogen and oxygen atoms in total. The number of aliphatic hydroxyl groups excluding tert-OH is 1. The number of ketones is 1. The van der Waals surface area contributed by atoms with Gasteiger partial charge in [0.1, 0.15) is 28.6 Å². The van der Waals surface area contributed by atoms with Crippen LogP contribution in [0.4, 0.5) is 13.2 Å². The van der Waals surface area contributed by atoms with Gasteiger partial charge < -0.3 is 24.0 Å². The number of Topliss-reactive ketones (excluding diaryl/α,β-unsaturated/α-hetero) is 1. The number of benzene rings is 2. The molecule has 244 valence electrons. The van der Waals surface area contributed by atoms with Crippen LogP contribution in [0.3, 0.4) is 0 Å². The average Bonchev–Trinajstić information content (AvgIpc) is 2.96. The summed E-state index contributed by atoms with van der Waals surface area (Å²) in [5.41, 5.74) is -0.965. The zero-order valence-electron chi connectivity index (χ0n) is 25.4.